The van der Waals surface area contributed by atoms with E-state index in [1.807, 2.05) is 18.2 Å². The van der Waals surface area contributed by atoms with Crippen molar-refractivity contribution < 1.29 is 14.7 Å². The molecule has 23 heavy (non-hydrogen) atoms. The predicted octanol–water partition coefficient (Wildman–Crippen LogP) is 1.13. The van der Waals surface area contributed by atoms with Crippen LogP contribution < -0.4 is 4.90 Å². The molecule has 0 saturated carbocycles. The minimum Gasteiger partial charge on any atom is -0.480 e. The first-order valence-corrected chi connectivity index (χ1v) is 8.00. The molecule has 1 amide bonds. The van der Waals surface area contributed by atoms with Crippen molar-refractivity contribution in [3.05, 3.63) is 30.3 Å². The van der Waals surface area contributed by atoms with E-state index in [4.69, 9.17) is 5.11 Å². The predicted molar refractivity (Wildman–Crippen MR) is 89.6 cm³/mol. The smallest absolute Gasteiger partial charge is 0.326 e. The number of para-hydroxylation sites is 1. The standard InChI is InChI=1S/C17H25N3O3/c1-14(17(22)23)18(2)16(21)8-9-19-10-12-20(13-11-19)15-6-4-3-5-7-15/h3-7,14H,8-13H2,1-2H3,(H,22,23). The molecule has 1 atom stereocenters. The molecule has 1 aromatic rings. The van der Waals surface area contributed by atoms with Crippen LogP contribution in [0.1, 0.15) is 13.3 Å². The summed E-state index contributed by atoms with van der Waals surface area (Å²) in [5, 5.41) is 8.95. The Labute approximate surface area is 137 Å². The maximum Gasteiger partial charge on any atom is 0.326 e. The number of aliphatic carboxylic acids is 1. The van der Waals surface area contributed by atoms with Gasteiger partial charge in [0.1, 0.15) is 6.04 Å². The van der Waals surface area contributed by atoms with Crippen molar-refractivity contribution in [1.82, 2.24) is 9.80 Å². The number of carboxylic acids is 1. The monoisotopic (exact) mass is 319 g/mol. The van der Waals surface area contributed by atoms with Crippen LogP contribution in [0.3, 0.4) is 0 Å². The molecule has 1 aliphatic heterocycles. The van der Waals surface area contributed by atoms with Gasteiger partial charge in [-0.15, -0.1) is 0 Å². The van der Waals surface area contributed by atoms with Crippen LogP contribution in [0.2, 0.25) is 0 Å². The fraction of sp³-hybridized carbons (Fsp3) is 0.529. The molecule has 1 saturated heterocycles. The summed E-state index contributed by atoms with van der Waals surface area (Å²) in [6, 6.07) is 9.54. The van der Waals surface area contributed by atoms with Gasteiger partial charge in [0.2, 0.25) is 5.91 Å². The quantitative estimate of drug-likeness (QED) is 0.851. The van der Waals surface area contributed by atoms with Gasteiger partial charge in [0.15, 0.2) is 0 Å². The van der Waals surface area contributed by atoms with E-state index in [1.165, 1.54) is 17.5 Å². The van der Waals surface area contributed by atoms with Crippen LogP contribution in [0.4, 0.5) is 5.69 Å². The number of benzene rings is 1. The lowest BCUT2D eigenvalue weighted by molar-refractivity contribution is -0.148. The molecule has 126 valence electrons. The van der Waals surface area contributed by atoms with Crippen LogP contribution in [0.15, 0.2) is 30.3 Å². The van der Waals surface area contributed by atoms with Gasteiger partial charge in [-0.25, -0.2) is 4.79 Å². The first kappa shape index (κ1) is 17.3. The van der Waals surface area contributed by atoms with Gasteiger partial charge in [-0.1, -0.05) is 18.2 Å². The highest BCUT2D eigenvalue weighted by Gasteiger charge is 2.23. The number of anilines is 1. The Bertz CT molecular complexity index is 527. The number of nitrogens with zero attached hydrogens (tertiary/aromatic N) is 3. The molecular weight excluding hydrogens is 294 g/mol. The fourth-order valence-corrected chi connectivity index (χ4v) is 2.68. The van der Waals surface area contributed by atoms with Crippen molar-refractivity contribution in [1.29, 1.82) is 0 Å². The zero-order valence-corrected chi connectivity index (χ0v) is 13.8. The van der Waals surface area contributed by atoms with Crippen LogP contribution in [-0.2, 0) is 9.59 Å². The van der Waals surface area contributed by atoms with E-state index in [2.05, 4.69) is 21.9 Å². The Hall–Kier alpha value is -2.08. The van der Waals surface area contributed by atoms with Gasteiger partial charge in [0.25, 0.3) is 0 Å². The molecule has 2 rings (SSSR count). The number of hydrogen-bond acceptors (Lipinski definition) is 4. The maximum absolute atomic E-state index is 12.0. The van der Waals surface area contributed by atoms with E-state index in [-0.39, 0.29) is 5.91 Å². The summed E-state index contributed by atoms with van der Waals surface area (Å²) in [5.41, 5.74) is 1.23. The molecule has 6 heteroatoms. The second kappa shape index (κ2) is 7.97. The number of piperazine rings is 1. The van der Waals surface area contributed by atoms with Crippen molar-refractivity contribution in [2.75, 3.05) is 44.7 Å². The van der Waals surface area contributed by atoms with E-state index in [0.717, 1.165) is 26.2 Å². The number of carbonyl (C=O) groups excluding carboxylic acids is 1. The number of carbonyl (C=O) groups is 2. The Kier molecular flexibility index (Phi) is 5.98. The Morgan fingerprint density at radius 3 is 2.35 bits per heavy atom. The van der Waals surface area contributed by atoms with Gasteiger partial charge in [0.05, 0.1) is 0 Å². The van der Waals surface area contributed by atoms with Gasteiger partial charge < -0.3 is 14.9 Å². The Balaban J connectivity index is 1.74. The second-order valence-corrected chi connectivity index (χ2v) is 5.93. The lowest BCUT2D eigenvalue weighted by atomic mass is 10.2. The number of rotatable bonds is 6. The topological polar surface area (TPSA) is 64.1 Å². The summed E-state index contributed by atoms with van der Waals surface area (Å²) < 4.78 is 0. The van der Waals surface area contributed by atoms with Crippen LogP contribution in [0.5, 0.6) is 0 Å². The average molecular weight is 319 g/mol. The lowest BCUT2D eigenvalue weighted by Crippen LogP contribution is -2.48. The van der Waals surface area contributed by atoms with Crippen molar-refractivity contribution in [3.8, 4) is 0 Å². The maximum atomic E-state index is 12.0. The third-order valence-electron chi connectivity index (χ3n) is 4.47. The van der Waals surface area contributed by atoms with Crippen LogP contribution in [0.25, 0.3) is 0 Å². The summed E-state index contributed by atoms with van der Waals surface area (Å²) in [7, 11) is 1.55. The summed E-state index contributed by atoms with van der Waals surface area (Å²) in [4.78, 5) is 28.9. The third kappa shape index (κ3) is 4.69. The van der Waals surface area contributed by atoms with Gasteiger partial charge in [-0.05, 0) is 19.1 Å². The lowest BCUT2D eigenvalue weighted by Gasteiger charge is -2.36. The Morgan fingerprint density at radius 1 is 1.17 bits per heavy atom. The van der Waals surface area contributed by atoms with Gasteiger partial charge in [0, 0.05) is 51.9 Å². The summed E-state index contributed by atoms with van der Waals surface area (Å²) in [6.07, 6.45) is 0.361. The molecule has 0 bridgehead atoms. The number of amides is 1. The van der Waals surface area contributed by atoms with Crippen molar-refractivity contribution in [2.24, 2.45) is 0 Å². The van der Waals surface area contributed by atoms with Crippen LogP contribution in [0, 0.1) is 0 Å². The highest BCUT2D eigenvalue weighted by atomic mass is 16.4. The van der Waals surface area contributed by atoms with Gasteiger partial charge in [-0.2, -0.15) is 0 Å². The minimum atomic E-state index is -0.975. The van der Waals surface area contributed by atoms with E-state index < -0.39 is 12.0 Å². The normalized spacial score (nSPS) is 16.9. The number of carboxylic acid groups (broad SMARTS) is 1. The molecule has 0 radical (unpaired) electrons. The first-order chi connectivity index (χ1) is 11.0. The Morgan fingerprint density at radius 2 is 1.78 bits per heavy atom. The number of likely N-dealkylation sites (N-methyl/N-ethyl adjacent to an activating group) is 1. The molecule has 1 aliphatic rings. The van der Waals surface area contributed by atoms with Crippen molar-refractivity contribution in [3.63, 3.8) is 0 Å². The summed E-state index contributed by atoms with van der Waals surface area (Å²) >= 11 is 0. The van der Waals surface area contributed by atoms with Crippen molar-refractivity contribution >= 4 is 17.6 Å². The minimum absolute atomic E-state index is 0.120. The molecule has 0 spiro atoms. The molecule has 6 nitrogen and oxygen atoms in total. The van der Waals surface area contributed by atoms with E-state index >= 15 is 0 Å². The molecule has 1 N–H and O–H groups in total. The number of hydrogen-bond donors (Lipinski definition) is 1. The molecule has 1 aromatic carbocycles. The zero-order valence-electron chi connectivity index (χ0n) is 13.8. The van der Waals surface area contributed by atoms with Gasteiger partial charge in [-0.3, -0.25) is 9.69 Å². The summed E-state index contributed by atoms with van der Waals surface area (Å²) in [5.74, 6) is -1.09. The molecule has 1 heterocycles. The van der Waals surface area contributed by atoms with Crippen LogP contribution >= 0.6 is 0 Å². The second-order valence-electron chi connectivity index (χ2n) is 5.93. The molecular formula is C17H25N3O3. The van der Waals surface area contributed by atoms with E-state index in [1.54, 1.807) is 7.05 Å². The summed E-state index contributed by atoms with van der Waals surface area (Å²) in [6.45, 7) is 5.93. The van der Waals surface area contributed by atoms with E-state index in [0.29, 0.717) is 13.0 Å². The van der Waals surface area contributed by atoms with Gasteiger partial charge >= 0.3 is 5.97 Å². The largest absolute Gasteiger partial charge is 0.480 e. The fourth-order valence-electron chi connectivity index (χ4n) is 2.68. The van der Waals surface area contributed by atoms with Crippen LogP contribution in [-0.4, -0.2) is 72.6 Å². The highest BCUT2D eigenvalue weighted by molar-refractivity contribution is 5.83. The third-order valence-corrected chi connectivity index (χ3v) is 4.47. The van der Waals surface area contributed by atoms with Crippen molar-refractivity contribution in [2.45, 2.75) is 19.4 Å². The molecule has 1 unspecified atom stereocenters. The van der Waals surface area contributed by atoms with E-state index in [9.17, 15) is 9.59 Å². The molecule has 0 aliphatic carbocycles. The highest BCUT2D eigenvalue weighted by Crippen LogP contribution is 2.15. The average Bonchev–Trinajstić information content (AvgIpc) is 2.59. The zero-order chi connectivity index (χ0) is 16.8. The molecule has 1 fully saturated rings. The molecule has 0 aromatic heterocycles. The first-order valence-electron chi connectivity index (χ1n) is 8.00. The SMILES string of the molecule is CC(C(=O)O)N(C)C(=O)CCN1CCN(c2ccccc2)CC1.